The zero-order chi connectivity index (χ0) is 24.8. The smallest absolute Gasteiger partial charge is 0.408 e. The van der Waals surface area contributed by atoms with Crippen molar-refractivity contribution in [3.8, 4) is 5.75 Å². The summed E-state index contributed by atoms with van der Waals surface area (Å²) in [5.41, 5.74) is 0.565. The van der Waals surface area contributed by atoms with Crippen molar-refractivity contribution in [2.75, 3.05) is 6.54 Å². The van der Waals surface area contributed by atoms with Crippen molar-refractivity contribution < 1.29 is 24.2 Å². The standard InChI is InChI=1S/C25H39N3O5/c1-7-8-9-14-26-22(30)21(18-10-13-20(29)16(2)15-18)28(19-11-12-19)23(31)17(3)27-24(32)33-25(4,5)6/h10,13,15,17,19,21,29H,7-9,11-12,14H2,1-6H3,(H,26,30)(H,27,32). The van der Waals surface area contributed by atoms with E-state index in [1.165, 1.54) is 0 Å². The fourth-order valence-electron chi connectivity index (χ4n) is 3.61. The summed E-state index contributed by atoms with van der Waals surface area (Å²) in [6.07, 6.45) is 3.81. The predicted octanol–water partition coefficient (Wildman–Crippen LogP) is 3.95. The summed E-state index contributed by atoms with van der Waals surface area (Å²) in [6, 6.07) is 3.15. The van der Waals surface area contributed by atoms with Crippen molar-refractivity contribution in [2.45, 2.75) is 97.4 Å². The van der Waals surface area contributed by atoms with Crippen LogP contribution in [0.3, 0.4) is 0 Å². The van der Waals surface area contributed by atoms with Crippen LogP contribution < -0.4 is 10.6 Å². The Hall–Kier alpha value is -2.77. The number of hydrogen-bond acceptors (Lipinski definition) is 5. The molecule has 0 radical (unpaired) electrons. The number of benzene rings is 1. The van der Waals surface area contributed by atoms with Crippen LogP contribution in [0.1, 0.15) is 83.9 Å². The molecule has 1 aliphatic rings. The maximum Gasteiger partial charge on any atom is 0.408 e. The van der Waals surface area contributed by atoms with Crippen LogP contribution in [0.15, 0.2) is 18.2 Å². The van der Waals surface area contributed by atoms with Gasteiger partial charge in [-0.05, 0) is 77.1 Å². The Labute approximate surface area is 197 Å². The summed E-state index contributed by atoms with van der Waals surface area (Å²) in [4.78, 5) is 40.6. The highest BCUT2D eigenvalue weighted by molar-refractivity contribution is 5.92. The van der Waals surface area contributed by atoms with Crippen LogP contribution in [0.25, 0.3) is 0 Å². The van der Waals surface area contributed by atoms with E-state index in [2.05, 4.69) is 17.6 Å². The predicted molar refractivity (Wildman–Crippen MR) is 127 cm³/mol. The van der Waals surface area contributed by atoms with E-state index in [0.29, 0.717) is 17.7 Å². The number of ether oxygens (including phenoxy) is 1. The molecule has 1 aromatic rings. The second-order valence-corrected chi connectivity index (χ2v) is 9.79. The largest absolute Gasteiger partial charge is 0.508 e. The number of unbranched alkanes of at least 4 members (excludes halogenated alkanes) is 2. The lowest BCUT2D eigenvalue weighted by Gasteiger charge is -2.34. The number of hydrogen-bond donors (Lipinski definition) is 3. The molecule has 0 saturated heterocycles. The maximum absolute atomic E-state index is 13.5. The molecular weight excluding hydrogens is 422 g/mol. The van der Waals surface area contributed by atoms with Gasteiger partial charge in [0.05, 0.1) is 0 Å². The van der Waals surface area contributed by atoms with Crippen molar-refractivity contribution in [2.24, 2.45) is 0 Å². The summed E-state index contributed by atoms with van der Waals surface area (Å²) in [5.74, 6) is -0.478. The molecule has 1 saturated carbocycles. The third-order valence-corrected chi connectivity index (χ3v) is 5.44. The van der Waals surface area contributed by atoms with Crippen LogP contribution in [-0.2, 0) is 14.3 Å². The van der Waals surface area contributed by atoms with E-state index in [1.807, 2.05) is 0 Å². The van der Waals surface area contributed by atoms with E-state index in [9.17, 15) is 19.5 Å². The van der Waals surface area contributed by atoms with Gasteiger partial charge in [0.2, 0.25) is 11.8 Å². The van der Waals surface area contributed by atoms with E-state index < -0.39 is 23.8 Å². The molecular formula is C25H39N3O5. The second kappa shape index (κ2) is 11.4. The number of nitrogens with one attached hydrogen (secondary N) is 2. The molecule has 2 atom stereocenters. The first-order valence-electron chi connectivity index (χ1n) is 11.8. The SMILES string of the molecule is CCCCCNC(=O)C(c1ccc(O)c(C)c1)N(C(=O)C(C)NC(=O)OC(C)(C)C)C1CC1. The highest BCUT2D eigenvalue weighted by Crippen LogP contribution is 2.36. The minimum Gasteiger partial charge on any atom is -0.508 e. The lowest BCUT2D eigenvalue weighted by Crippen LogP contribution is -2.52. The third-order valence-electron chi connectivity index (χ3n) is 5.44. The van der Waals surface area contributed by atoms with Gasteiger partial charge >= 0.3 is 6.09 Å². The van der Waals surface area contributed by atoms with Crippen LogP contribution in [0, 0.1) is 6.92 Å². The normalized spacial score (nSPS) is 15.3. The lowest BCUT2D eigenvalue weighted by atomic mass is 10.00. The highest BCUT2D eigenvalue weighted by Gasteiger charge is 2.43. The first kappa shape index (κ1) is 26.5. The molecule has 2 unspecified atom stereocenters. The van der Waals surface area contributed by atoms with Crippen molar-refractivity contribution in [3.05, 3.63) is 29.3 Å². The molecule has 8 nitrogen and oxygen atoms in total. The van der Waals surface area contributed by atoms with Crippen molar-refractivity contribution in [1.82, 2.24) is 15.5 Å². The Morgan fingerprint density at radius 3 is 2.42 bits per heavy atom. The summed E-state index contributed by atoms with van der Waals surface area (Å²) in [6.45, 7) is 11.2. The van der Waals surface area contributed by atoms with E-state index >= 15 is 0 Å². The van der Waals surface area contributed by atoms with Gasteiger partial charge in [-0.3, -0.25) is 9.59 Å². The molecule has 3 N–H and O–H groups in total. The average molecular weight is 462 g/mol. The van der Waals surface area contributed by atoms with Gasteiger partial charge in [0.1, 0.15) is 23.4 Å². The van der Waals surface area contributed by atoms with Gasteiger partial charge in [0.25, 0.3) is 0 Å². The van der Waals surface area contributed by atoms with Crippen LogP contribution in [0.5, 0.6) is 5.75 Å². The van der Waals surface area contributed by atoms with Gasteiger partial charge < -0.3 is 25.4 Å². The van der Waals surface area contributed by atoms with E-state index in [-0.39, 0.29) is 23.6 Å². The Kier molecular flexibility index (Phi) is 9.14. The van der Waals surface area contributed by atoms with Crippen LogP contribution >= 0.6 is 0 Å². The Balaban J connectivity index is 2.30. The van der Waals surface area contributed by atoms with Crippen LogP contribution in [0.2, 0.25) is 0 Å². The molecule has 1 aromatic carbocycles. The molecule has 3 amide bonds. The van der Waals surface area contributed by atoms with Gasteiger partial charge in [-0.15, -0.1) is 0 Å². The molecule has 0 spiro atoms. The number of phenolic OH excluding ortho intramolecular Hbond substituents is 1. The molecule has 0 heterocycles. The first-order valence-corrected chi connectivity index (χ1v) is 11.8. The summed E-state index contributed by atoms with van der Waals surface area (Å²) < 4.78 is 5.28. The lowest BCUT2D eigenvalue weighted by molar-refractivity contribution is -0.142. The molecule has 1 fully saturated rings. The van der Waals surface area contributed by atoms with E-state index in [4.69, 9.17) is 4.74 Å². The van der Waals surface area contributed by atoms with Gasteiger partial charge in [0, 0.05) is 12.6 Å². The summed E-state index contributed by atoms with van der Waals surface area (Å²) >= 11 is 0. The number of phenols is 1. The molecule has 2 rings (SSSR count). The fourth-order valence-corrected chi connectivity index (χ4v) is 3.61. The van der Waals surface area contributed by atoms with Crippen LogP contribution in [-0.4, -0.2) is 52.1 Å². The Bertz CT molecular complexity index is 845. The molecule has 0 aromatic heterocycles. The number of alkyl carbamates (subject to hydrolysis) is 1. The Morgan fingerprint density at radius 2 is 1.88 bits per heavy atom. The Morgan fingerprint density at radius 1 is 1.21 bits per heavy atom. The number of amides is 3. The molecule has 0 aliphatic heterocycles. The molecule has 8 heteroatoms. The number of aryl methyl sites for hydroxylation is 1. The second-order valence-electron chi connectivity index (χ2n) is 9.79. The summed E-state index contributed by atoms with van der Waals surface area (Å²) in [5, 5.41) is 15.5. The zero-order valence-corrected chi connectivity index (χ0v) is 20.7. The summed E-state index contributed by atoms with van der Waals surface area (Å²) in [7, 11) is 0. The van der Waals surface area contributed by atoms with Crippen molar-refractivity contribution >= 4 is 17.9 Å². The number of rotatable bonds is 10. The first-order chi connectivity index (χ1) is 15.4. The quantitative estimate of drug-likeness (QED) is 0.457. The van der Waals surface area contributed by atoms with Gasteiger partial charge in [0.15, 0.2) is 0 Å². The topological polar surface area (TPSA) is 108 Å². The number of carbonyl (C=O) groups is 3. The van der Waals surface area contributed by atoms with Gasteiger partial charge in [-0.25, -0.2) is 4.79 Å². The van der Waals surface area contributed by atoms with Crippen molar-refractivity contribution in [1.29, 1.82) is 0 Å². The monoisotopic (exact) mass is 461 g/mol. The minimum atomic E-state index is -0.867. The van der Waals surface area contributed by atoms with Crippen LogP contribution in [0.4, 0.5) is 4.79 Å². The highest BCUT2D eigenvalue weighted by atomic mass is 16.6. The minimum absolute atomic E-state index is 0.0825. The maximum atomic E-state index is 13.5. The van der Waals surface area contributed by atoms with E-state index in [0.717, 1.165) is 32.1 Å². The van der Waals surface area contributed by atoms with Crippen molar-refractivity contribution in [3.63, 3.8) is 0 Å². The van der Waals surface area contributed by atoms with E-state index in [1.54, 1.807) is 57.7 Å². The molecule has 184 valence electrons. The average Bonchev–Trinajstić information content (AvgIpc) is 3.54. The number of carbonyl (C=O) groups excluding carboxylic acids is 3. The molecule has 33 heavy (non-hydrogen) atoms. The van der Waals surface area contributed by atoms with Gasteiger partial charge in [-0.1, -0.05) is 25.8 Å². The zero-order valence-electron chi connectivity index (χ0n) is 20.7. The number of nitrogens with zero attached hydrogens (tertiary/aromatic N) is 1. The molecule has 1 aliphatic carbocycles. The van der Waals surface area contributed by atoms with Gasteiger partial charge in [-0.2, -0.15) is 0 Å². The third kappa shape index (κ3) is 7.94. The fraction of sp³-hybridized carbons (Fsp3) is 0.640. The molecule has 0 bridgehead atoms. The number of aromatic hydroxyl groups is 1.